The molecular formula is C36H46N2O3Si. The van der Waals surface area contributed by atoms with Crippen LogP contribution in [0, 0.1) is 5.92 Å². The molecule has 6 heteroatoms. The van der Waals surface area contributed by atoms with Crippen molar-refractivity contribution in [3.05, 3.63) is 96.6 Å². The topological polar surface area (TPSA) is 42.0 Å². The monoisotopic (exact) mass is 582 g/mol. The van der Waals surface area contributed by atoms with Gasteiger partial charge in [-0.1, -0.05) is 112 Å². The molecule has 0 spiro atoms. The third kappa shape index (κ3) is 5.22. The molecule has 42 heavy (non-hydrogen) atoms. The van der Waals surface area contributed by atoms with Gasteiger partial charge in [-0.25, -0.2) is 4.79 Å². The zero-order valence-corrected chi connectivity index (χ0v) is 27.0. The van der Waals surface area contributed by atoms with Crippen molar-refractivity contribution in [1.82, 2.24) is 9.80 Å². The number of rotatable bonds is 6. The van der Waals surface area contributed by atoms with Crippen molar-refractivity contribution in [1.29, 1.82) is 0 Å². The van der Waals surface area contributed by atoms with Gasteiger partial charge in [-0.05, 0) is 60.5 Å². The van der Waals surface area contributed by atoms with Gasteiger partial charge in [0.25, 0.3) is 8.32 Å². The molecule has 3 bridgehead atoms. The van der Waals surface area contributed by atoms with E-state index in [0.29, 0.717) is 5.92 Å². The number of hydrogen-bond donors (Lipinski definition) is 0. The quantitative estimate of drug-likeness (QED) is 0.324. The van der Waals surface area contributed by atoms with Gasteiger partial charge in [-0.15, -0.1) is 0 Å². The number of ether oxygens (including phenoxy) is 1. The summed E-state index contributed by atoms with van der Waals surface area (Å²) in [7, 11) is -2.85. The van der Waals surface area contributed by atoms with Gasteiger partial charge >= 0.3 is 6.09 Å². The van der Waals surface area contributed by atoms with Crippen molar-refractivity contribution in [2.24, 2.45) is 5.92 Å². The maximum Gasteiger partial charge on any atom is 0.410 e. The standard InChI is InChI=1S/C36H46N2O3Si/c1-35(2,3)40-34(39)38-30-22-27-23-31(38)33(32(30)37(25-27)24-26-16-10-7-11-17-26)41-42(36(4,5)6,28-18-12-8-13-19-28)29-20-14-9-15-21-29/h7-21,27,30-33H,22-25H2,1-6H3/t27-,30+,31+,32?,33-/m1/s1. The van der Waals surface area contributed by atoms with Crippen molar-refractivity contribution < 1.29 is 14.0 Å². The van der Waals surface area contributed by atoms with Crippen molar-refractivity contribution in [3.63, 3.8) is 0 Å². The zero-order valence-electron chi connectivity index (χ0n) is 26.0. The first-order valence-corrected chi connectivity index (χ1v) is 17.5. The molecule has 0 radical (unpaired) electrons. The van der Waals surface area contributed by atoms with Gasteiger partial charge < -0.3 is 9.16 Å². The summed E-state index contributed by atoms with van der Waals surface area (Å²) in [5.74, 6) is 0.534. The van der Waals surface area contributed by atoms with E-state index < -0.39 is 13.9 Å². The summed E-state index contributed by atoms with van der Waals surface area (Å²) in [6.45, 7) is 14.8. The Morgan fingerprint density at radius 3 is 1.83 bits per heavy atom. The molecule has 3 aliphatic rings. The second-order valence-corrected chi connectivity index (χ2v) is 18.8. The van der Waals surface area contributed by atoms with Gasteiger partial charge in [-0.2, -0.15) is 0 Å². The average Bonchev–Trinajstić information content (AvgIpc) is 3.06. The number of amides is 1. The second-order valence-electron chi connectivity index (χ2n) is 14.5. The third-order valence-corrected chi connectivity index (χ3v) is 14.5. The Morgan fingerprint density at radius 1 is 0.786 bits per heavy atom. The van der Waals surface area contributed by atoms with Crippen LogP contribution in [0.2, 0.25) is 5.04 Å². The summed E-state index contributed by atoms with van der Waals surface area (Å²) in [5.41, 5.74) is 0.751. The average molecular weight is 583 g/mol. The molecule has 1 amide bonds. The van der Waals surface area contributed by atoms with Crippen LogP contribution >= 0.6 is 0 Å². The van der Waals surface area contributed by atoms with Crippen LogP contribution in [0.4, 0.5) is 4.79 Å². The molecule has 3 aliphatic heterocycles. The molecule has 0 saturated carbocycles. The lowest BCUT2D eigenvalue weighted by Crippen LogP contribution is -2.69. The number of benzene rings is 3. The summed E-state index contributed by atoms with van der Waals surface area (Å²) >= 11 is 0. The zero-order chi connectivity index (χ0) is 29.7. The van der Waals surface area contributed by atoms with Gasteiger partial charge in [0.15, 0.2) is 0 Å². The number of fused-ring (bicyclic) bond motifs is 2. The van der Waals surface area contributed by atoms with E-state index in [4.69, 9.17) is 9.16 Å². The number of carbonyl (C=O) groups excluding carboxylic acids is 1. The highest BCUT2D eigenvalue weighted by molar-refractivity contribution is 6.99. The minimum atomic E-state index is -2.85. The largest absolute Gasteiger partial charge is 0.444 e. The highest BCUT2D eigenvalue weighted by Crippen LogP contribution is 2.50. The lowest BCUT2D eigenvalue weighted by Gasteiger charge is -2.47. The fourth-order valence-corrected chi connectivity index (χ4v) is 12.7. The molecule has 3 saturated heterocycles. The van der Waals surface area contributed by atoms with Crippen LogP contribution < -0.4 is 10.4 Å². The summed E-state index contributed by atoms with van der Waals surface area (Å²) in [4.78, 5) is 18.6. The maximum atomic E-state index is 13.9. The molecule has 0 aromatic heterocycles. The molecule has 0 aliphatic carbocycles. The number of carbonyl (C=O) groups is 1. The van der Waals surface area contributed by atoms with Crippen molar-refractivity contribution in [2.75, 3.05) is 6.54 Å². The predicted octanol–water partition coefficient (Wildman–Crippen LogP) is 6.21. The molecule has 5 atom stereocenters. The van der Waals surface area contributed by atoms with Crippen LogP contribution in [0.3, 0.4) is 0 Å². The molecule has 3 aromatic rings. The molecule has 0 N–H and O–H groups in total. The van der Waals surface area contributed by atoms with Gasteiger partial charge in [0.2, 0.25) is 0 Å². The highest BCUT2D eigenvalue weighted by atomic mass is 28.4. The Balaban J connectivity index is 1.48. The molecule has 5 nitrogen and oxygen atoms in total. The molecule has 1 unspecified atom stereocenters. The van der Waals surface area contributed by atoms with E-state index in [-0.39, 0.29) is 35.4 Å². The van der Waals surface area contributed by atoms with Crippen LogP contribution in [0.25, 0.3) is 0 Å². The van der Waals surface area contributed by atoms with Crippen molar-refractivity contribution in [2.45, 2.75) is 95.8 Å². The number of nitrogens with zero attached hydrogens (tertiary/aromatic N) is 2. The van der Waals surface area contributed by atoms with Gasteiger partial charge in [0, 0.05) is 13.1 Å². The SMILES string of the molecule is CC(C)(C)OC(=O)N1[C@H]2C[C@@H]3C[C@H]1[C@@H](O[Si](c1ccccc1)(c1ccccc1)C(C)(C)C)C2N(Cc1ccccc1)C3. The van der Waals surface area contributed by atoms with E-state index >= 15 is 0 Å². The summed E-state index contributed by atoms with van der Waals surface area (Å²) in [6.07, 6.45) is 1.63. The Bertz CT molecular complexity index is 1330. The first-order chi connectivity index (χ1) is 20.0. The minimum absolute atomic E-state index is 0.0176. The van der Waals surface area contributed by atoms with E-state index in [2.05, 4.69) is 122 Å². The Kier molecular flexibility index (Phi) is 7.61. The molecule has 3 heterocycles. The fraction of sp³-hybridized carbons (Fsp3) is 0.472. The molecule has 3 aromatic carbocycles. The van der Waals surface area contributed by atoms with Crippen LogP contribution in [0.1, 0.15) is 59.9 Å². The number of likely N-dealkylation sites (tertiary alicyclic amines) is 1. The maximum absolute atomic E-state index is 13.9. The van der Waals surface area contributed by atoms with E-state index in [0.717, 1.165) is 25.9 Å². The second kappa shape index (κ2) is 11.0. The summed E-state index contributed by atoms with van der Waals surface area (Å²) < 4.78 is 14.0. The van der Waals surface area contributed by atoms with Crippen LogP contribution in [-0.4, -0.2) is 60.6 Å². The Labute approximate surface area is 253 Å². The van der Waals surface area contributed by atoms with E-state index in [9.17, 15) is 4.79 Å². The first kappa shape index (κ1) is 29.2. The molecule has 6 rings (SSSR count). The lowest BCUT2D eigenvalue weighted by atomic mass is 9.86. The van der Waals surface area contributed by atoms with Gasteiger partial charge in [0.05, 0.1) is 24.2 Å². The molecule has 222 valence electrons. The van der Waals surface area contributed by atoms with Gasteiger partial charge in [-0.3, -0.25) is 9.80 Å². The van der Waals surface area contributed by atoms with E-state index in [1.807, 2.05) is 20.8 Å². The first-order valence-electron chi connectivity index (χ1n) is 15.6. The molecule has 3 fully saturated rings. The minimum Gasteiger partial charge on any atom is -0.444 e. The number of piperidine rings is 2. The highest BCUT2D eigenvalue weighted by Gasteiger charge is 2.64. The number of hydrogen-bond acceptors (Lipinski definition) is 4. The predicted molar refractivity (Wildman–Crippen MR) is 172 cm³/mol. The van der Waals surface area contributed by atoms with Crippen LogP contribution in [-0.2, 0) is 15.7 Å². The normalized spacial score (nSPS) is 26.0. The fourth-order valence-electron chi connectivity index (χ4n) is 7.97. The third-order valence-electron chi connectivity index (χ3n) is 9.45. The smallest absolute Gasteiger partial charge is 0.410 e. The summed E-state index contributed by atoms with van der Waals surface area (Å²) in [6, 6.07) is 32.7. The van der Waals surface area contributed by atoms with E-state index in [1.54, 1.807) is 0 Å². The van der Waals surface area contributed by atoms with Crippen molar-refractivity contribution in [3.8, 4) is 0 Å². The van der Waals surface area contributed by atoms with Crippen LogP contribution in [0.15, 0.2) is 91.0 Å². The van der Waals surface area contributed by atoms with Crippen molar-refractivity contribution >= 4 is 24.8 Å². The van der Waals surface area contributed by atoms with Crippen LogP contribution in [0.5, 0.6) is 0 Å². The summed E-state index contributed by atoms with van der Waals surface area (Å²) in [5, 5.41) is 2.40. The molecular weight excluding hydrogens is 536 g/mol. The van der Waals surface area contributed by atoms with E-state index in [1.165, 1.54) is 15.9 Å². The van der Waals surface area contributed by atoms with Gasteiger partial charge in [0.1, 0.15) is 5.60 Å². The Morgan fingerprint density at radius 2 is 1.31 bits per heavy atom. The lowest BCUT2D eigenvalue weighted by molar-refractivity contribution is -0.0205. The Hall–Kier alpha value is -2.93.